The van der Waals surface area contributed by atoms with Gasteiger partial charge in [-0.05, 0) is 37.1 Å². The van der Waals surface area contributed by atoms with Crippen molar-refractivity contribution in [3.63, 3.8) is 0 Å². The van der Waals surface area contributed by atoms with Gasteiger partial charge >= 0.3 is 0 Å². The molecule has 0 spiro atoms. The molecule has 1 aliphatic rings. The Morgan fingerprint density at radius 3 is 2.38 bits per heavy atom. The summed E-state index contributed by atoms with van der Waals surface area (Å²) in [6.45, 7) is 0. The van der Waals surface area contributed by atoms with E-state index in [0.717, 1.165) is 18.6 Å². The second kappa shape index (κ2) is 3.34. The van der Waals surface area contributed by atoms with Crippen LogP contribution in [0.5, 0.6) is 5.75 Å². The summed E-state index contributed by atoms with van der Waals surface area (Å²) in [4.78, 5) is 0. The van der Waals surface area contributed by atoms with Gasteiger partial charge < -0.3 is 10.5 Å². The molecule has 3 heteroatoms. The van der Waals surface area contributed by atoms with Gasteiger partial charge in [0.15, 0.2) is 0 Å². The zero-order valence-corrected chi connectivity index (χ0v) is 7.24. The zero-order valence-electron chi connectivity index (χ0n) is 7.24. The summed E-state index contributed by atoms with van der Waals surface area (Å²) in [6, 6.07) is 6.35. The molecule has 0 aliphatic heterocycles. The van der Waals surface area contributed by atoms with Crippen LogP contribution in [0.1, 0.15) is 12.8 Å². The minimum atomic E-state index is -0.238. The number of nitrogens with two attached hydrogens (primary N) is 1. The van der Waals surface area contributed by atoms with Crippen molar-refractivity contribution >= 4 is 0 Å². The monoisotopic (exact) mass is 181 g/mol. The molecule has 13 heavy (non-hydrogen) atoms. The standard InChI is InChI=1S/C10H12FNO/c11-7-1-3-9(4-2-7)13-10-5-8(12)6-10/h1-4,8,10H,5-6,12H2. The highest BCUT2D eigenvalue weighted by molar-refractivity contribution is 5.22. The molecule has 2 rings (SSSR count). The zero-order chi connectivity index (χ0) is 9.26. The van der Waals surface area contributed by atoms with Crippen LogP contribution in [0.4, 0.5) is 4.39 Å². The number of benzene rings is 1. The first-order valence-corrected chi connectivity index (χ1v) is 4.42. The number of rotatable bonds is 2. The molecule has 0 heterocycles. The van der Waals surface area contributed by atoms with Crippen LogP contribution in [0.3, 0.4) is 0 Å². The molecule has 1 aromatic rings. The summed E-state index contributed by atoms with van der Waals surface area (Å²) in [5.74, 6) is 0.482. The Kier molecular flexibility index (Phi) is 2.19. The Morgan fingerprint density at radius 2 is 1.85 bits per heavy atom. The lowest BCUT2D eigenvalue weighted by Crippen LogP contribution is -2.43. The lowest BCUT2D eigenvalue weighted by molar-refractivity contribution is 0.101. The molecule has 0 bridgehead atoms. The normalized spacial score (nSPS) is 26.6. The highest BCUT2D eigenvalue weighted by Gasteiger charge is 2.27. The minimum absolute atomic E-state index is 0.223. The first-order valence-electron chi connectivity index (χ1n) is 4.42. The van der Waals surface area contributed by atoms with Crippen LogP contribution >= 0.6 is 0 Å². The lowest BCUT2D eigenvalue weighted by Gasteiger charge is -2.32. The van der Waals surface area contributed by atoms with Crippen LogP contribution in [0.15, 0.2) is 24.3 Å². The fourth-order valence-corrected chi connectivity index (χ4v) is 1.41. The first kappa shape index (κ1) is 8.51. The molecule has 1 fully saturated rings. The number of hydrogen-bond donors (Lipinski definition) is 1. The van der Waals surface area contributed by atoms with Gasteiger partial charge in [0.05, 0.1) is 0 Å². The largest absolute Gasteiger partial charge is 0.490 e. The predicted octanol–water partition coefficient (Wildman–Crippen LogP) is 1.69. The average Bonchev–Trinajstić information content (AvgIpc) is 2.06. The molecule has 0 atom stereocenters. The molecule has 1 saturated carbocycles. The van der Waals surface area contributed by atoms with E-state index >= 15 is 0 Å². The maximum absolute atomic E-state index is 12.5. The predicted molar refractivity (Wildman–Crippen MR) is 48.0 cm³/mol. The van der Waals surface area contributed by atoms with Gasteiger partial charge in [-0.15, -0.1) is 0 Å². The summed E-state index contributed by atoms with van der Waals surface area (Å²) in [5.41, 5.74) is 5.61. The Bertz CT molecular complexity index is 279. The first-order chi connectivity index (χ1) is 6.24. The smallest absolute Gasteiger partial charge is 0.123 e. The van der Waals surface area contributed by atoms with Gasteiger partial charge in [-0.25, -0.2) is 4.39 Å². The van der Waals surface area contributed by atoms with Crippen LogP contribution in [0.2, 0.25) is 0 Å². The average molecular weight is 181 g/mol. The SMILES string of the molecule is NC1CC(Oc2ccc(F)cc2)C1. The van der Waals surface area contributed by atoms with E-state index in [1.165, 1.54) is 12.1 Å². The Labute approximate surface area is 76.5 Å². The topological polar surface area (TPSA) is 35.2 Å². The van der Waals surface area contributed by atoms with Gasteiger partial charge in [-0.3, -0.25) is 0 Å². The van der Waals surface area contributed by atoms with E-state index in [0.29, 0.717) is 0 Å². The molecule has 2 N–H and O–H groups in total. The quantitative estimate of drug-likeness (QED) is 0.753. The highest BCUT2D eigenvalue weighted by Crippen LogP contribution is 2.24. The molecular weight excluding hydrogens is 169 g/mol. The molecule has 1 aromatic carbocycles. The second-order valence-corrected chi connectivity index (χ2v) is 3.43. The molecule has 0 unspecified atom stereocenters. The van der Waals surface area contributed by atoms with Crippen molar-refractivity contribution in [3.05, 3.63) is 30.1 Å². The fraction of sp³-hybridized carbons (Fsp3) is 0.400. The van der Waals surface area contributed by atoms with E-state index in [1.54, 1.807) is 12.1 Å². The molecule has 70 valence electrons. The molecule has 2 nitrogen and oxygen atoms in total. The van der Waals surface area contributed by atoms with E-state index in [9.17, 15) is 4.39 Å². The summed E-state index contributed by atoms with van der Waals surface area (Å²) in [6.07, 6.45) is 2.02. The molecule has 1 aliphatic carbocycles. The Morgan fingerprint density at radius 1 is 1.23 bits per heavy atom. The van der Waals surface area contributed by atoms with Crippen molar-refractivity contribution in [1.82, 2.24) is 0 Å². The molecule has 0 amide bonds. The van der Waals surface area contributed by atoms with Crippen molar-refractivity contribution in [3.8, 4) is 5.75 Å². The summed E-state index contributed by atoms with van der Waals surface area (Å²) < 4.78 is 18.0. The van der Waals surface area contributed by atoms with Crippen LogP contribution in [-0.2, 0) is 0 Å². The summed E-state index contributed by atoms with van der Waals surface area (Å²) in [7, 11) is 0. The van der Waals surface area contributed by atoms with Gasteiger partial charge in [0, 0.05) is 6.04 Å². The Balaban J connectivity index is 1.91. The van der Waals surface area contributed by atoms with Gasteiger partial charge in [0.25, 0.3) is 0 Å². The minimum Gasteiger partial charge on any atom is -0.490 e. The number of ether oxygens (including phenoxy) is 1. The van der Waals surface area contributed by atoms with E-state index in [4.69, 9.17) is 10.5 Å². The molecule has 0 saturated heterocycles. The van der Waals surface area contributed by atoms with E-state index in [1.807, 2.05) is 0 Å². The number of hydrogen-bond acceptors (Lipinski definition) is 2. The van der Waals surface area contributed by atoms with Gasteiger partial charge in [0.2, 0.25) is 0 Å². The van der Waals surface area contributed by atoms with Gasteiger partial charge in [0.1, 0.15) is 17.7 Å². The van der Waals surface area contributed by atoms with Crippen molar-refractivity contribution < 1.29 is 9.13 Å². The maximum Gasteiger partial charge on any atom is 0.123 e. The third-order valence-corrected chi connectivity index (χ3v) is 2.25. The van der Waals surface area contributed by atoms with Crippen LogP contribution < -0.4 is 10.5 Å². The fourth-order valence-electron chi connectivity index (χ4n) is 1.41. The van der Waals surface area contributed by atoms with Gasteiger partial charge in [-0.1, -0.05) is 0 Å². The lowest BCUT2D eigenvalue weighted by atomic mass is 9.90. The van der Waals surface area contributed by atoms with Gasteiger partial charge in [-0.2, -0.15) is 0 Å². The van der Waals surface area contributed by atoms with Crippen LogP contribution in [-0.4, -0.2) is 12.1 Å². The van der Waals surface area contributed by atoms with Crippen molar-refractivity contribution in [2.45, 2.75) is 25.0 Å². The van der Waals surface area contributed by atoms with Crippen molar-refractivity contribution in [1.29, 1.82) is 0 Å². The van der Waals surface area contributed by atoms with E-state index < -0.39 is 0 Å². The van der Waals surface area contributed by atoms with E-state index in [-0.39, 0.29) is 18.0 Å². The molecular formula is C10H12FNO. The third-order valence-electron chi connectivity index (χ3n) is 2.25. The van der Waals surface area contributed by atoms with Crippen LogP contribution in [0, 0.1) is 5.82 Å². The molecule has 0 aromatic heterocycles. The second-order valence-electron chi connectivity index (χ2n) is 3.43. The van der Waals surface area contributed by atoms with E-state index in [2.05, 4.69) is 0 Å². The summed E-state index contributed by atoms with van der Waals surface area (Å²) >= 11 is 0. The maximum atomic E-state index is 12.5. The number of halogens is 1. The van der Waals surface area contributed by atoms with Crippen LogP contribution in [0.25, 0.3) is 0 Å². The Hall–Kier alpha value is -1.09. The highest BCUT2D eigenvalue weighted by atomic mass is 19.1. The third kappa shape index (κ3) is 1.98. The van der Waals surface area contributed by atoms with Crippen molar-refractivity contribution in [2.75, 3.05) is 0 Å². The molecule has 0 radical (unpaired) electrons. The van der Waals surface area contributed by atoms with Crippen molar-refractivity contribution in [2.24, 2.45) is 5.73 Å². The summed E-state index contributed by atoms with van der Waals surface area (Å²) in [5, 5.41) is 0.